The molecule has 5 nitrogen and oxygen atoms in total. The molecule has 0 saturated carbocycles. The minimum atomic E-state index is -0.0689. The maximum Gasteiger partial charge on any atom is 0.254 e. The second-order valence-corrected chi connectivity index (χ2v) is 6.90. The number of aromatic nitrogens is 3. The molecule has 0 aliphatic heterocycles. The standard InChI is InChI=1S/C22H26N4O/c1-17(2)21-19(16-25-26(21)20-13-7-9-14-23-20)22(27)24-15-8-6-12-18-10-4-3-5-11-18/h3-5,7,9-11,13-14,16-17H,6,8,12,15H2,1-2H3,(H,24,27). The normalized spacial score (nSPS) is 10.9. The third kappa shape index (κ3) is 4.82. The Morgan fingerprint density at radius 1 is 1.07 bits per heavy atom. The van der Waals surface area contributed by atoms with Crippen LogP contribution in [0.2, 0.25) is 0 Å². The third-order valence-corrected chi connectivity index (χ3v) is 4.48. The molecular weight excluding hydrogens is 336 g/mol. The van der Waals surface area contributed by atoms with E-state index >= 15 is 0 Å². The zero-order chi connectivity index (χ0) is 19.1. The Morgan fingerprint density at radius 3 is 2.56 bits per heavy atom. The fourth-order valence-corrected chi connectivity index (χ4v) is 3.15. The highest BCUT2D eigenvalue weighted by Crippen LogP contribution is 2.22. The first-order valence-electron chi connectivity index (χ1n) is 9.48. The molecule has 3 aromatic rings. The molecule has 0 bridgehead atoms. The SMILES string of the molecule is CC(C)c1c(C(=O)NCCCCc2ccccc2)cnn1-c1ccccn1. The van der Waals surface area contributed by atoms with Gasteiger partial charge < -0.3 is 5.32 Å². The zero-order valence-corrected chi connectivity index (χ0v) is 15.9. The van der Waals surface area contributed by atoms with Crippen LogP contribution in [0, 0.1) is 0 Å². The largest absolute Gasteiger partial charge is 0.352 e. The van der Waals surface area contributed by atoms with Gasteiger partial charge in [0.25, 0.3) is 5.91 Å². The molecule has 0 spiro atoms. The highest BCUT2D eigenvalue weighted by atomic mass is 16.1. The van der Waals surface area contributed by atoms with E-state index in [4.69, 9.17) is 0 Å². The highest BCUT2D eigenvalue weighted by molar-refractivity contribution is 5.95. The Kier molecular flexibility index (Phi) is 6.36. The summed E-state index contributed by atoms with van der Waals surface area (Å²) in [5.74, 6) is 0.817. The molecular formula is C22H26N4O. The molecule has 1 aromatic carbocycles. The summed E-state index contributed by atoms with van der Waals surface area (Å²) in [6.45, 7) is 4.79. The molecule has 0 unspecified atom stereocenters. The summed E-state index contributed by atoms with van der Waals surface area (Å²) in [5.41, 5.74) is 2.84. The number of benzene rings is 1. The van der Waals surface area contributed by atoms with E-state index in [0.717, 1.165) is 30.8 Å². The average Bonchev–Trinajstić information content (AvgIpc) is 3.15. The number of nitrogens with zero attached hydrogens (tertiary/aromatic N) is 3. The minimum Gasteiger partial charge on any atom is -0.352 e. The fraction of sp³-hybridized carbons (Fsp3) is 0.318. The van der Waals surface area contributed by atoms with Crippen LogP contribution in [0.25, 0.3) is 5.82 Å². The van der Waals surface area contributed by atoms with Crippen molar-refractivity contribution in [3.05, 3.63) is 77.7 Å². The highest BCUT2D eigenvalue weighted by Gasteiger charge is 2.20. The van der Waals surface area contributed by atoms with Crippen molar-refractivity contribution < 1.29 is 4.79 Å². The van der Waals surface area contributed by atoms with E-state index in [9.17, 15) is 4.79 Å². The lowest BCUT2D eigenvalue weighted by atomic mass is 10.1. The van der Waals surface area contributed by atoms with E-state index in [-0.39, 0.29) is 11.8 Å². The van der Waals surface area contributed by atoms with Crippen LogP contribution in [0.3, 0.4) is 0 Å². The van der Waals surface area contributed by atoms with Gasteiger partial charge in [0.1, 0.15) is 0 Å². The Morgan fingerprint density at radius 2 is 1.85 bits per heavy atom. The van der Waals surface area contributed by atoms with E-state index in [1.54, 1.807) is 17.1 Å². The number of hydrogen-bond donors (Lipinski definition) is 1. The first-order chi connectivity index (χ1) is 13.2. The van der Waals surface area contributed by atoms with Crippen LogP contribution in [0.4, 0.5) is 0 Å². The molecule has 27 heavy (non-hydrogen) atoms. The number of hydrogen-bond acceptors (Lipinski definition) is 3. The van der Waals surface area contributed by atoms with Crippen LogP contribution in [0.15, 0.2) is 60.9 Å². The van der Waals surface area contributed by atoms with Gasteiger partial charge in [0.2, 0.25) is 0 Å². The number of aryl methyl sites for hydroxylation is 1. The maximum absolute atomic E-state index is 12.7. The maximum atomic E-state index is 12.7. The van der Waals surface area contributed by atoms with Crippen molar-refractivity contribution in [2.24, 2.45) is 0 Å². The second-order valence-electron chi connectivity index (χ2n) is 6.90. The summed E-state index contributed by atoms with van der Waals surface area (Å²) in [5, 5.41) is 7.44. The molecule has 1 amide bonds. The van der Waals surface area contributed by atoms with Gasteiger partial charge in [-0.1, -0.05) is 50.2 Å². The quantitative estimate of drug-likeness (QED) is 0.613. The molecule has 1 N–H and O–H groups in total. The predicted molar refractivity (Wildman–Crippen MR) is 107 cm³/mol. The number of carbonyl (C=O) groups excluding carboxylic acids is 1. The van der Waals surface area contributed by atoms with Crippen molar-refractivity contribution in [1.29, 1.82) is 0 Å². The average molecular weight is 362 g/mol. The number of unbranched alkanes of at least 4 members (excludes halogenated alkanes) is 1. The van der Waals surface area contributed by atoms with Crippen molar-refractivity contribution in [2.45, 2.75) is 39.0 Å². The van der Waals surface area contributed by atoms with Crippen LogP contribution in [-0.4, -0.2) is 27.2 Å². The van der Waals surface area contributed by atoms with Gasteiger partial charge in [-0.3, -0.25) is 4.79 Å². The smallest absolute Gasteiger partial charge is 0.254 e. The van der Waals surface area contributed by atoms with Gasteiger partial charge in [-0.15, -0.1) is 0 Å². The first kappa shape index (κ1) is 18.8. The Balaban J connectivity index is 1.59. The summed E-state index contributed by atoms with van der Waals surface area (Å²) in [7, 11) is 0. The Bertz CT molecular complexity index is 857. The van der Waals surface area contributed by atoms with Gasteiger partial charge in [-0.05, 0) is 42.9 Å². The predicted octanol–water partition coefficient (Wildman–Crippen LogP) is 4.14. The van der Waals surface area contributed by atoms with E-state index in [2.05, 4.69) is 53.5 Å². The van der Waals surface area contributed by atoms with E-state index in [0.29, 0.717) is 12.1 Å². The molecule has 5 heteroatoms. The zero-order valence-electron chi connectivity index (χ0n) is 15.9. The van der Waals surface area contributed by atoms with Crippen LogP contribution in [0.5, 0.6) is 0 Å². The number of carbonyl (C=O) groups is 1. The topological polar surface area (TPSA) is 59.8 Å². The van der Waals surface area contributed by atoms with Gasteiger partial charge in [0.15, 0.2) is 5.82 Å². The molecule has 2 heterocycles. The Labute approximate surface area is 160 Å². The molecule has 140 valence electrons. The lowest BCUT2D eigenvalue weighted by Crippen LogP contribution is -2.25. The lowest BCUT2D eigenvalue weighted by Gasteiger charge is -2.12. The molecule has 2 aromatic heterocycles. The number of pyridine rings is 1. The summed E-state index contributed by atoms with van der Waals surface area (Å²) >= 11 is 0. The second kappa shape index (κ2) is 9.12. The molecule has 0 atom stereocenters. The molecule has 0 fully saturated rings. The Hall–Kier alpha value is -2.95. The first-order valence-corrected chi connectivity index (χ1v) is 9.48. The van der Waals surface area contributed by atoms with Crippen molar-refractivity contribution in [2.75, 3.05) is 6.54 Å². The van der Waals surface area contributed by atoms with Crippen molar-refractivity contribution in [3.63, 3.8) is 0 Å². The lowest BCUT2D eigenvalue weighted by molar-refractivity contribution is 0.0951. The van der Waals surface area contributed by atoms with Crippen LogP contribution >= 0.6 is 0 Å². The van der Waals surface area contributed by atoms with E-state index in [1.165, 1.54) is 5.56 Å². The summed E-state index contributed by atoms with van der Waals surface area (Å²) < 4.78 is 1.76. The minimum absolute atomic E-state index is 0.0689. The molecule has 0 saturated heterocycles. The van der Waals surface area contributed by atoms with Crippen molar-refractivity contribution in [1.82, 2.24) is 20.1 Å². The number of nitrogens with one attached hydrogen (secondary N) is 1. The molecule has 0 radical (unpaired) electrons. The van der Waals surface area contributed by atoms with Gasteiger partial charge >= 0.3 is 0 Å². The molecule has 3 rings (SSSR count). The number of rotatable bonds is 8. The van der Waals surface area contributed by atoms with Crippen LogP contribution < -0.4 is 5.32 Å². The summed E-state index contributed by atoms with van der Waals surface area (Å²) in [6, 6.07) is 16.1. The van der Waals surface area contributed by atoms with Crippen molar-refractivity contribution in [3.8, 4) is 5.82 Å². The van der Waals surface area contributed by atoms with Gasteiger partial charge in [0, 0.05) is 12.7 Å². The van der Waals surface area contributed by atoms with Crippen LogP contribution in [0.1, 0.15) is 54.2 Å². The van der Waals surface area contributed by atoms with Crippen molar-refractivity contribution >= 4 is 5.91 Å². The third-order valence-electron chi connectivity index (χ3n) is 4.48. The van der Waals surface area contributed by atoms with Gasteiger partial charge in [0.05, 0.1) is 17.5 Å². The number of amides is 1. The van der Waals surface area contributed by atoms with Gasteiger partial charge in [-0.25, -0.2) is 9.67 Å². The summed E-state index contributed by atoms with van der Waals surface area (Å²) in [4.78, 5) is 17.0. The van der Waals surface area contributed by atoms with E-state index in [1.807, 2.05) is 24.3 Å². The van der Waals surface area contributed by atoms with Gasteiger partial charge in [-0.2, -0.15) is 5.10 Å². The van der Waals surface area contributed by atoms with Crippen LogP contribution in [-0.2, 0) is 6.42 Å². The van der Waals surface area contributed by atoms with E-state index < -0.39 is 0 Å². The molecule has 0 aliphatic carbocycles. The fourth-order valence-electron chi connectivity index (χ4n) is 3.15. The molecule has 0 aliphatic rings. The summed E-state index contributed by atoms with van der Waals surface area (Å²) in [6.07, 6.45) is 6.41. The monoisotopic (exact) mass is 362 g/mol.